The number of nitrogens with one attached hydrogen (secondary N) is 1. The molecule has 0 unspecified atom stereocenters. The first-order chi connectivity index (χ1) is 24.7. The second-order valence-corrected chi connectivity index (χ2v) is 12.6. The van der Waals surface area contributed by atoms with Gasteiger partial charge in [0, 0.05) is 10.9 Å². The summed E-state index contributed by atoms with van der Waals surface area (Å²) in [6, 6.07) is 57.9. The first kappa shape index (κ1) is 32.2. The molecular formula is C47H39N3. The van der Waals surface area contributed by atoms with E-state index in [0.717, 1.165) is 17.5 Å². The quantitative estimate of drug-likeness (QED) is 0.112. The van der Waals surface area contributed by atoms with E-state index in [2.05, 4.69) is 153 Å². The van der Waals surface area contributed by atoms with E-state index in [0.29, 0.717) is 12.4 Å². The van der Waals surface area contributed by atoms with Crippen LogP contribution in [0.4, 0.5) is 0 Å². The predicted molar refractivity (Wildman–Crippen MR) is 215 cm³/mol. The van der Waals surface area contributed by atoms with Gasteiger partial charge in [0.15, 0.2) is 0 Å². The number of nitrogens with zero attached hydrogens (tertiary/aromatic N) is 1. The Morgan fingerprint density at radius 1 is 0.580 bits per heavy atom. The molecule has 0 amide bonds. The largest absolute Gasteiger partial charge is 0.383 e. The van der Waals surface area contributed by atoms with Crippen LogP contribution in [-0.4, -0.2) is 12.6 Å². The summed E-state index contributed by atoms with van der Waals surface area (Å²) in [6.45, 7) is 5.10. The Balaban J connectivity index is 0.000000386. The van der Waals surface area contributed by atoms with Gasteiger partial charge in [-0.25, -0.2) is 0 Å². The molecule has 242 valence electrons. The zero-order chi connectivity index (χ0) is 34.5. The lowest BCUT2D eigenvalue weighted by Crippen LogP contribution is -2.16. The molecule has 0 bridgehead atoms. The fourth-order valence-corrected chi connectivity index (χ4v) is 7.22. The van der Waals surface area contributed by atoms with Gasteiger partial charge in [-0.1, -0.05) is 157 Å². The lowest BCUT2D eigenvalue weighted by molar-refractivity contribution is 1.06. The maximum atomic E-state index is 7.07. The zero-order valence-corrected chi connectivity index (χ0v) is 28.2. The smallest absolute Gasteiger partial charge is 0.127 e. The number of rotatable bonds is 4. The maximum Gasteiger partial charge on any atom is 0.127 e. The van der Waals surface area contributed by atoms with Gasteiger partial charge in [0.25, 0.3) is 0 Å². The number of amidine groups is 1. The molecule has 0 spiro atoms. The number of aryl methyl sites for hydroxylation is 1. The Morgan fingerprint density at radius 3 is 1.82 bits per heavy atom. The minimum atomic E-state index is 0.519. The monoisotopic (exact) mass is 645 g/mol. The van der Waals surface area contributed by atoms with Crippen molar-refractivity contribution in [2.75, 3.05) is 0 Å². The van der Waals surface area contributed by atoms with Crippen LogP contribution in [0.3, 0.4) is 0 Å². The molecule has 8 aromatic rings. The number of benzene rings is 8. The number of aliphatic imine (C=N–C) groups is 1. The molecule has 0 fully saturated rings. The Labute approximate surface area is 293 Å². The summed E-state index contributed by atoms with van der Waals surface area (Å²) in [6.07, 6.45) is 0.905. The van der Waals surface area contributed by atoms with Gasteiger partial charge in [0.1, 0.15) is 5.84 Å². The van der Waals surface area contributed by atoms with Gasteiger partial charge in [-0.3, -0.25) is 4.99 Å². The Bertz CT molecular complexity index is 2480. The molecule has 3 N–H and O–H groups in total. The van der Waals surface area contributed by atoms with Crippen LogP contribution in [0.25, 0.3) is 54.6 Å². The lowest BCUT2D eigenvalue weighted by atomic mass is 9.86. The van der Waals surface area contributed by atoms with Crippen LogP contribution in [0, 0.1) is 12.3 Å². The van der Waals surface area contributed by atoms with Crippen LogP contribution < -0.4 is 5.73 Å². The highest BCUT2D eigenvalue weighted by Crippen LogP contribution is 2.46. The fraction of sp³-hybridized carbons (Fsp3) is 0.0638. The van der Waals surface area contributed by atoms with Gasteiger partial charge in [-0.2, -0.15) is 0 Å². The average Bonchev–Trinajstić information content (AvgIpc) is 3.56. The van der Waals surface area contributed by atoms with Crippen molar-refractivity contribution >= 4 is 44.9 Å². The van der Waals surface area contributed by atoms with Crippen LogP contribution >= 0.6 is 0 Å². The molecule has 9 rings (SSSR count). The van der Waals surface area contributed by atoms with Crippen LogP contribution in [0.15, 0.2) is 169 Å². The summed E-state index contributed by atoms with van der Waals surface area (Å²) in [4.78, 5) is 5.08. The molecule has 3 heteroatoms. The molecule has 0 saturated carbocycles. The molecule has 1 aliphatic carbocycles. The SMILES string of the molecule is C=N.Cc1ccccc1.NC(=NCc1cccc(-c2ccccc2)c1)c1c2c(cc3c4ccccc4c4ccccc4c13)Cc1ccccc1-2. The van der Waals surface area contributed by atoms with Crippen molar-refractivity contribution in [3.05, 3.63) is 192 Å². The zero-order valence-electron chi connectivity index (χ0n) is 28.2. The Kier molecular flexibility index (Phi) is 9.30. The molecule has 0 atom stereocenters. The van der Waals surface area contributed by atoms with E-state index in [4.69, 9.17) is 16.1 Å². The third-order valence-corrected chi connectivity index (χ3v) is 9.44. The van der Waals surface area contributed by atoms with Crippen molar-refractivity contribution in [1.29, 1.82) is 5.41 Å². The number of nitrogens with two attached hydrogens (primary N) is 1. The summed E-state index contributed by atoms with van der Waals surface area (Å²) in [5.74, 6) is 0.592. The first-order valence-electron chi connectivity index (χ1n) is 16.9. The van der Waals surface area contributed by atoms with E-state index in [1.165, 1.54) is 71.3 Å². The van der Waals surface area contributed by atoms with E-state index in [-0.39, 0.29) is 0 Å². The van der Waals surface area contributed by atoms with Crippen LogP contribution in [-0.2, 0) is 13.0 Å². The molecule has 1 aliphatic rings. The molecule has 0 radical (unpaired) electrons. The van der Waals surface area contributed by atoms with Gasteiger partial charge >= 0.3 is 0 Å². The fourth-order valence-electron chi connectivity index (χ4n) is 7.22. The van der Waals surface area contributed by atoms with Crippen LogP contribution in [0.5, 0.6) is 0 Å². The standard InChI is InChI=1S/C39H28N2.C7H8.CH3N/c40-39(41-24-25-11-10-15-27(21-25)26-12-2-1-3-13-26)38-36-29(22-28-14-4-5-16-30(28)36)23-35-33-19-7-6-17-31(33)32-18-8-9-20-34(32)37(35)38;1-7-5-3-2-4-6-7;1-2/h1-21,23H,22,24H2,(H2,40,41);2-6H,1H3;2H,1H2. The molecule has 0 aliphatic heterocycles. The second kappa shape index (κ2) is 14.4. The third kappa shape index (κ3) is 6.18. The van der Waals surface area contributed by atoms with Gasteiger partial charge in [-0.15, -0.1) is 0 Å². The molecule has 50 heavy (non-hydrogen) atoms. The van der Waals surface area contributed by atoms with Crippen molar-refractivity contribution in [3.63, 3.8) is 0 Å². The Hall–Kier alpha value is -6.32. The minimum absolute atomic E-state index is 0.519. The van der Waals surface area contributed by atoms with Gasteiger partial charge in [0.2, 0.25) is 0 Å². The molecule has 8 aromatic carbocycles. The third-order valence-electron chi connectivity index (χ3n) is 9.44. The maximum absolute atomic E-state index is 7.07. The van der Waals surface area contributed by atoms with E-state index in [9.17, 15) is 0 Å². The lowest BCUT2D eigenvalue weighted by Gasteiger charge is -2.18. The van der Waals surface area contributed by atoms with Crippen molar-refractivity contribution in [3.8, 4) is 22.3 Å². The van der Waals surface area contributed by atoms with Crippen molar-refractivity contribution in [2.45, 2.75) is 19.9 Å². The normalized spacial score (nSPS) is 11.7. The number of hydrogen-bond acceptors (Lipinski definition) is 2. The van der Waals surface area contributed by atoms with E-state index in [1.807, 2.05) is 24.3 Å². The van der Waals surface area contributed by atoms with Gasteiger partial charge in [-0.05, 0) is 98.1 Å². The highest BCUT2D eigenvalue weighted by molar-refractivity contribution is 6.31. The van der Waals surface area contributed by atoms with Gasteiger partial charge < -0.3 is 11.1 Å². The molecule has 0 saturated heterocycles. The minimum Gasteiger partial charge on any atom is -0.383 e. The van der Waals surface area contributed by atoms with Crippen LogP contribution in [0.2, 0.25) is 0 Å². The van der Waals surface area contributed by atoms with E-state index >= 15 is 0 Å². The average molecular weight is 646 g/mol. The summed E-state index contributed by atoms with van der Waals surface area (Å²) in [7, 11) is 0. The molecular weight excluding hydrogens is 607 g/mol. The van der Waals surface area contributed by atoms with E-state index < -0.39 is 0 Å². The summed E-state index contributed by atoms with van der Waals surface area (Å²) in [5, 5.41) is 12.9. The van der Waals surface area contributed by atoms with Crippen LogP contribution in [0.1, 0.15) is 27.8 Å². The highest BCUT2D eigenvalue weighted by atomic mass is 14.8. The highest BCUT2D eigenvalue weighted by Gasteiger charge is 2.26. The second-order valence-electron chi connectivity index (χ2n) is 12.6. The topological polar surface area (TPSA) is 62.2 Å². The van der Waals surface area contributed by atoms with Crippen molar-refractivity contribution in [1.82, 2.24) is 0 Å². The van der Waals surface area contributed by atoms with E-state index in [1.54, 1.807) is 0 Å². The van der Waals surface area contributed by atoms with Crippen molar-refractivity contribution < 1.29 is 0 Å². The molecule has 0 aromatic heterocycles. The summed E-state index contributed by atoms with van der Waals surface area (Å²) < 4.78 is 0. The van der Waals surface area contributed by atoms with Crippen molar-refractivity contribution in [2.24, 2.45) is 10.7 Å². The predicted octanol–water partition coefficient (Wildman–Crippen LogP) is 11.6. The molecule has 3 nitrogen and oxygen atoms in total. The first-order valence-corrected chi connectivity index (χ1v) is 16.9. The summed E-state index contributed by atoms with van der Waals surface area (Å²) >= 11 is 0. The number of hydrogen-bond donors (Lipinski definition) is 2. The summed E-state index contributed by atoms with van der Waals surface area (Å²) in [5.41, 5.74) is 18.1. The molecule has 0 heterocycles. The number of fused-ring (bicyclic) bond motifs is 9. The Morgan fingerprint density at radius 2 is 1.14 bits per heavy atom. The van der Waals surface area contributed by atoms with Gasteiger partial charge in [0.05, 0.1) is 6.54 Å².